The molecule has 1 heterocycles. The van der Waals surface area contributed by atoms with Crippen LogP contribution in [0.15, 0.2) is 0 Å². The van der Waals surface area contributed by atoms with Gasteiger partial charge in [0.2, 0.25) is 0 Å². The van der Waals surface area contributed by atoms with Gasteiger partial charge in [0.15, 0.2) is 0 Å². The van der Waals surface area contributed by atoms with E-state index in [2.05, 4.69) is 19.2 Å². The summed E-state index contributed by atoms with van der Waals surface area (Å²) in [5.41, 5.74) is 5.43. The molecule has 0 aromatic heterocycles. The Kier molecular flexibility index (Phi) is 4.38. The van der Waals surface area contributed by atoms with Crippen LogP contribution in [0.2, 0.25) is 0 Å². The monoisotopic (exact) mass is 238 g/mol. The van der Waals surface area contributed by atoms with Gasteiger partial charge in [-0.3, -0.25) is 0 Å². The first-order valence-electron chi connectivity index (χ1n) is 5.24. The Hall–Kier alpha value is 0.130. The van der Waals surface area contributed by atoms with Crippen molar-refractivity contribution in [2.45, 2.75) is 32.2 Å². The Labute approximate surface area is 94.4 Å². The van der Waals surface area contributed by atoms with E-state index < -0.39 is 6.43 Å². The van der Waals surface area contributed by atoms with Crippen molar-refractivity contribution in [3.8, 4) is 0 Å². The molecule has 1 aliphatic rings. The van der Waals surface area contributed by atoms with E-state index in [1.807, 2.05) is 0 Å². The van der Waals surface area contributed by atoms with Crippen molar-refractivity contribution in [2.24, 2.45) is 11.1 Å². The maximum absolute atomic E-state index is 12.2. The van der Waals surface area contributed by atoms with Crippen LogP contribution in [0.5, 0.6) is 0 Å². The van der Waals surface area contributed by atoms with E-state index >= 15 is 0 Å². The van der Waals surface area contributed by atoms with E-state index in [0.717, 1.165) is 17.9 Å². The molecule has 1 aliphatic heterocycles. The number of halogens is 2. The van der Waals surface area contributed by atoms with Crippen molar-refractivity contribution in [1.82, 2.24) is 5.32 Å². The Bertz CT molecular complexity index is 212. The lowest BCUT2D eigenvalue weighted by molar-refractivity contribution is 0.0886. The summed E-state index contributed by atoms with van der Waals surface area (Å²) in [6.07, 6.45) is -1.29. The van der Waals surface area contributed by atoms with Gasteiger partial charge in [-0.25, -0.2) is 8.78 Å². The van der Waals surface area contributed by atoms with Crippen LogP contribution in [0.25, 0.3) is 0 Å². The van der Waals surface area contributed by atoms with Crippen LogP contribution in [0.4, 0.5) is 8.78 Å². The minimum Gasteiger partial charge on any atom is -0.329 e. The molecule has 0 bridgehead atoms. The Balaban J connectivity index is 2.71. The molecule has 0 aromatic carbocycles. The van der Waals surface area contributed by atoms with Crippen molar-refractivity contribution in [1.29, 1.82) is 0 Å². The van der Waals surface area contributed by atoms with E-state index in [-0.39, 0.29) is 17.5 Å². The summed E-state index contributed by atoms with van der Waals surface area (Å²) in [5, 5.41) is 2.98. The number of hydrogen-bond acceptors (Lipinski definition) is 3. The third kappa shape index (κ3) is 2.82. The summed E-state index contributed by atoms with van der Waals surface area (Å²) in [4.78, 5) is 0. The standard InChI is InChI=1S/C10H20F2N2S/c1-9(2)3-4-15-7-10(9,6-13)14-5-8(11)12/h8,14H,3-7,13H2,1-2H3. The van der Waals surface area contributed by atoms with Crippen LogP contribution in [0.3, 0.4) is 0 Å². The summed E-state index contributed by atoms with van der Waals surface area (Å²) >= 11 is 1.79. The van der Waals surface area contributed by atoms with Crippen molar-refractivity contribution in [3.05, 3.63) is 0 Å². The topological polar surface area (TPSA) is 38.0 Å². The predicted octanol–water partition coefficient (Wildman–Crippen LogP) is 1.70. The number of nitrogens with one attached hydrogen (secondary N) is 1. The van der Waals surface area contributed by atoms with Crippen molar-refractivity contribution in [3.63, 3.8) is 0 Å². The Morgan fingerprint density at radius 1 is 1.47 bits per heavy atom. The third-order valence-corrected chi connectivity index (χ3v) is 4.65. The first-order valence-corrected chi connectivity index (χ1v) is 6.40. The molecule has 15 heavy (non-hydrogen) atoms. The number of thioether (sulfide) groups is 1. The number of hydrogen-bond donors (Lipinski definition) is 2. The fourth-order valence-corrected chi connectivity index (χ4v) is 3.74. The average Bonchev–Trinajstić information content (AvgIpc) is 2.16. The number of rotatable bonds is 4. The molecule has 3 N–H and O–H groups in total. The summed E-state index contributed by atoms with van der Waals surface area (Å²) < 4.78 is 24.5. The molecule has 90 valence electrons. The smallest absolute Gasteiger partial charge is 0.250 e. The van der Waals surface area contributed by atoms with Crippen LogP contribution >= 0.6 is 11.8 Å². The van der Waals surface area contributed by atoms with Gasteiger partial charge in [0.25, 0.3) is 6.43 Å². The molecular weight excluding hydrogens is 218 g/mol. The second kappa shape index (κ2) is 4.97. The molecule has 0 saturated carbocycles. The quantitative estimate of drug-likeness (QED) is 0.783. The lowest BCUT2D eigenvalue weighted by Gasteiger charge is -2.50. The van der Waals surface area contributed by atoms with Gasteiger partial charge in [-0.05, 0) is 17.6 Å². The lowest BCUT2D eigenvalue weighted by Crippen LogP contribution is -2.65. The van der Waals surface area contributed by atoms with Crippen LogP contribution in [0.1, 0.15) is 20.3 Å². The molecule has 1 unspecified atom stereocenters. The highest BCUT2D eigenvalue weighted by Gasteiger charge is 2.45. The van der Waals surface area contributed by atoms with Crippen LogP contribution in [0, 0.1) is 5.41 Å². The molecule has 0 aliphatic carbocycles. The molecule has 2 nitrogen and oxygen atoms in total. The van der Waals surface area contributed by atoms with Gasteiger partial charge >= 0.3 is 0 Å². The van der Waals surface area contributed by atoms with Gasteiger partial charge in [-0.15, -0.1) is 0 Å². The summed E-state index contributed by atoms with van der Waals surface area (Å²) in [6.45, 7) is 4.37. The fraction of sp³-hybridized carbons (Fsp3) is 1.00. The minimum absolute atomic E-state index is 0.0120. The molecule has 5 heteroatoms. The van der Waals surface area contributed by atoms with E-state index in [4.69, 9.17) is 5.73 Å². The SMILES string of the molecule is CC1(C)CCSCC1(CN)NCC(F)F. The fourth-order valence-electron chi connectivity index (χ4n) is 1.98. The highest BCUT2D eigenvalue weighted by atomic mass is 32.2. The predicted molar refractivity (Wildman–Crippen MR) is 61.5 cm³/mol. The summed E-state index contributed by atoms with van der Waals surface area (Å²) in [7, 11) is 0. The number of nitrogens with two attached hydrogens (primary N) is 1. The van der Waals surface area contributed by atoms with Crippen LogP contribution in [-0.4, -0.2) is 36.6 Å². The molecule has 0 spiro atoms. The molecule has 0 amide bonds. The maximum Gasteiger partial charge on any atom is 0.250 e. The molecule has 1 saturated heterocycles. The third-order valence-electron chi connectivity index (χ3n) is 3.46. The van der Waals surface area contributed by atoms with E-state index in [0.29, 0.717) is 6.54 Å². The maximum atomic E-state index is 12.2. The zero-order chi connectivity index (χ0) is 11.5. The van der Waals surface area contributed by atoms with Gasteiger partial charge in [0, 0.05) is 17.8 Å². The summed E-state index contributed by atoms with van der Waals surface area (Å²) in [6, 6.07) is 0. The first-order chi connectivity index (χ1) is 6.93. The van der Waals surface area contributed by atoms with Crippen LogP contribution < -0.4 is 11.1 Å². The van der Waals surface area contributed by atoms with E-state index in [9.17, 15) is 8.78 Å². The van der Waals surface area contributed by atoms with Crippen LogP contribution in [-0.2, 0) is 0 Å². The second-order valence-corrected chi connectivity index (χ2v) is 5.85. The first kappa shape index (κ1) is 13.2. The normalized spacial score (nSPS) is 30.8. The van der Waals surface area contributed by atoms with Gasteiger partial charge < -0.3 is 11.1 Å². The second-order valence-electron chi connectivity index (χ2n) is 4.74. The van der Waals surface area contributed by atoms with Gasteiger partial charge in [-0.2, -0.15) is 11.8 Å². The van der Waals surface area contributed by atoms with Crippen molar-refractivity contribution >= 4 is 11.8 Å². The van der Waals surface area contributed by atoms with Gasteiger partial charge in [0.1, 0.15) is 0 Å². The molecule has 1 fully saturated rings. The zero-order valence-electron chi connectivity index (χ0n) is 9.35. The molecule has 0 aromatic rings. The minimum atomic E-state index is -2.31. The zero-order valence-corrected chi connectivity index (χ0v) is 10.2. The highest BCUT2D eigenvalue weighted by Crippen LogP contribution is 2.41. The van der Waals surface area contributed by atoms with Crippen molar-refractivity contribution < 1.29 is 8.78 Å². The lowest BCUT2D eigenvalue weighted by atomic mass is 9.71. The molecule has 1 rings (SSSR count). The highest BCUT2D eigenvalue weighted by molar-refractivity contribution is 7.99. The molecular formula is C10H20F2N2S. The van der Waals surface area contributed by atoms with E-state index in [1.165, 1.54) is 0 Å². The number of alkyl halides is 2. The van der Waals surface area contributed by atoms with E-state index in [1.54, 1.807) is 11.8 Å². The van der Waals surface area contributed by atoms with Gasteiger partial charge in [-0.1, -0.05) is 13.8 Å². The summed E-state index contributed by atoms with van der Waals surface area (Å²) in [5.74, 6) is 1.91. The average molecular weight is 238 g/mol. The molecule has 0 radical (unpaired) electrons. The Morgan fingerprint density at radius 2 is 2.13 bits per heavy atom. The van der Waals surface area contributed by atoms with Crippen molar-refractivity contribution in [2.75, 3.05) is 24.6 Å². The molecule has 1 atom stereocenters. The van der Waals surface area contributed by atoms with Gasteiger partial charge in [0.05, 0.1) is 6.54 Å². The largest absolute Gasteiger partial charge is 0.329 e. The Morgan fingerprint density at radius 3 is 2.60 bits per heavy atom.